The number of carbonyl (C=O) groups is 1. The van der Waals surface area contributed by atoms with E-state index in [1.54, 1.807) is 11.6 Å². The van der Waals surface area contributed by atoms with Crippen molar-refractivity contribution in [3.05, 3.63) is 77.0 Å². The highest BCUT2D eigenvalue weighted by Gasteiger charge is 2.15. The number of hydrogen-bond acceptors (Lipinski definition) is 6. The number of nitrogens with zero attached hydrogens (tertiary/aromatic N) is 4. The first-order chi connectivity index (χ1) is 13.2. The van der Waals surface area contributed by atoms with Crippen molar-refractivity contribution in [3.8, 4) is 22.0 Å². The minimum atomic E-state index is -0.381. The first-order valence-electron chi connectivity index (χ1n) is 7.97. The third-order valence-electron chi connectivity index (χ3n) is 3.73. The molecule has 8 heteroatoms. The van der Waals surface area contributed by atoms with Crippen LogP contribution < -0.4 is 5.32 Å². The maximum absolute atomic E-state index is 12.8. The fourth-order valence-corrected chi connectivity index (χ4v) is 3.28. The SMILES string of the molecule is O=C(Nc1ccccc1-c1nncs1)c1cc(Cl)nc(-c2ccccc2)n1. The van der Waals surface area contributed by atoms with Gasteiger partial charge in [0.05, 0.1) is 5.69 Å². The van der Waals surface area contributed by atoms with Crippen LogP contribution in [0.15, 0.2) is 66.2 Å². The van der Waals surface area contributed by atoms with Crippen molar-refractivity contribution in [2.45, 2.75) is 0 Å². The van der Waals surface area contributed by atoms with Gasteiger partial charge in [0.2, 0.25) is 0 Å². The third-order valence-corrected chi connectivity index (χ3v) is 4.64. The van der Waals surface area contributed by atoms with Crippen LogP contribution in [0, 0.1) is 0 Å². The molecule has 0 saturated carbocycles. The predicted molar refractivity (Wildman–Crippen MR) is 106 cm³/mol. The summed E-state index contributed by atoms with van der Waals surface area (Å²) in [5.41, 5.74) is 4.01. The lowest BCUT2D eigenvalue weighted by Crippen LogP contribution is -2.15. The van der Waals surface area contributed by atoms with Crippen molar-refractivity contribution in [2.24, 2.45) is 0 Å². The Morgan fingerprint density at radius 2 is 1.78 bits per heavy atom. The molecule has 0 fully saturated rings. The van der Waals surface area contributed by atoms with E-state index < -0.39 is 0 Å². The Bertz CT molecular complexity index is 1090. The molecular formula is C19H12ClN5OS. The van der Waals surface area contributed by atoms with Gasteiger partial charge in [-0.25, -0.2) is 9.97 Å². The molecule has 0 aliphatic carbocycles. The maximum atomic E-state index is 12.8. The van der Waals surface area contributed by atoms with Gasteiger partial charge in [0, 0.05) is 17.2 Å². The lowest BCUT2D eigenvalue weighted by Gasteiger charge is -2.10. The highest BCUT2D eigenvalue weighted by Crippen LogP contribution is 2.29. The van der Waals surface area contributed by atoms with Crippen molar-refractivity contribution in [1.82, 2.24) is 20.2 Å². The van der Waals surface area contributed by atoms with E-state index in [-0.39, 0.29) is 16.8 Å². The molecule has 132 valence electrons. The summed E-state index contributed by atoms with van der Waals surface area (Å²) in [6, 6.07) is 18.2. The van der Waals surface area contributed by atoms with E-state index in [1.165, 1.54) is 17.4 Å². The van der Waals surface area contributed by atoms with Gasteiger partial charge in [-0.05, 0) is 12.1 Å². The number of anilines is 1. The van der Waals surface area contributed by atoms with Crippen molar-refractivity contribution < 1.29 is 4.79 Å². The summed E-state index contributed by atoms with van der Waals surface area (Å²) < 4.78 is 0. The summed E-state index contributed by atoms with van der Waals surface area (Å²) in [4.78, 5) is 21.3. The molecule has 6 nitrogen and oxygen atoms in total. The van der Waals surface area contributed by atoms with Gasteiger partial charge in [0.1, 0.15) is 21.4 Å². The third kappa shape index (κ3) is 3.84. The Morgan fingerprint density at radius 1 is 1.00 bits per heavy atom. The summed E-state index contributed by atoms with van der Waals surface area (Å²) in [7, 11) is 0. The molecule has 4 aromatic rings. The van der Waals surface area contributed by atoms with Gasteiger partial charge in [-0.3, -0.25) is 4.79 Å². The predicted octanol–water partition coefficient (Wildman–Crippen LogP) is 4.57. The van der Waals surface area contributed by atoms with Gasteiger partial charge in [0.25, 0.3) is 5.91 Å². The number of carbonyl (C=O) groups excluding carboxylic acids is 1. The minimum Gasteiger partial charge on any atom is -0.320 e. The van der Waals surface area contributed by atoms with Crippen molar-refractivity contribution in [2.75, 3.05) is 5.32 Å². The van der Waals surface area contributed by atoms with Crippen LogP contribution in [0.5, 0.6) is 0 Å². The number of halogens is 1. The first kappa shape index (κ1) is 17.3. The van der Waals surface area contributed by atoms with Crippen LogP contribution in [-0.2, 0) is 0 Å². The van der Waals surface area contributed by atoms with Gasteiger partial charge < -0.3 is 5.32 Å². The highest BCUT2D eigenvalue weighted by molar-refractivity contribution is 7.12. The van der Waals surface area contributed by atoms with Crippen LogP contribution in [0.1, 0.15) is 10.5 Å². The average molecular weight is 394 g/mol. The smallest absolute Gasteiger partial charge is 0.274 e. The van der Waals surface area contributed by atoms with Crippen LogP contribution in [0.3, 0.4) is 0 Å². The molecule has 0 aliphatic rings. The molecule has 2 aromatic heterocycles. The molecule has 0 radical (unpaired) electrons. The lowest BCUT2D eigenvalue weighted by atomic mass is 10.2. The number of para-hydroxylation sites is 1. The molecule has 0 bridgehead atoms. The molecule has 1 N–H and O–H groups in total. The van der Waals surface area contributed by atoms with Gasteiger partial charge in [0.15, 0.2) is 5.82 Å². The van der Waals surface area contributed by atoms with E-state index in [0.29, 0.717) is 11.5 Å². The van der Waals surface area contributed by atoms with E-state index in [9.17, 15) is 4.79 Å². The summed E-state index contributed by atoms with van der Waals surface area (Å²) in [5, 5.41) is 11.7. The number of hydrogen-bond donors (Lipinski definition) is 1. The molecule has 2 aromatic carbocycles. The van der Waals surface area contributed by atoms with E-state index in [4.69, 9.17) is 11.6 Å². The van der Waals surface area contributed by atoms with Crippen LogP contribution in [0.2, 0.25) is 5.15 Å². The molecule has 4 rings (SSSR count). The van der Waals surface area contributed by atoms with Crippen LogP contribution in [-0.4, -0.2) is 26.1 Å². The summed E-state index contributed by atoms with van der Waals surface area (Å²) in [5.74, 6) is 0.0131. The molecule has 0 spiro atoms. The standard InChI is InChI=1S/C19H12ClN5OS/c20-16-10-15(22-17(24-16)12-6-2-1-3-7-12)18(26)23-14-9-5-4-8-13(14)19-25-21-11-27-19/h1-11H,(H,23,26). The zero-order valence-corrected chi connectivity index (χ0v) is 15.4. The van der Waals surface area contributed by atoms with E-state index in [0.717, 1.165) is 16.1 Å². The summed E-state index contributed by atoms with van der Waals surface area (Å²) >= 11 is 7.51. The Morgan fingerprint density at radius 3 is 2.56 bits per heavy atom. The van der Waals surface area contributed by atoms with E-state index >= 15 is 0 Å². The highest BCUT2D eigenvalue weighted by atomic mass is 35.5. The van der Waals surface area contributed by atoms with Gasteiger partial charge in [-0.1, -0.05) is 65.4 Å². The summed E-state index contributed by atoms with van der Waals surface area (Å²) in [6.45, 7) is 0. The zero-order chi connectivity index (χ0) is 18.6. The molecule has 27 heavy (non-hydrogen) atoms. The first-order valence-corrected chi connectivity index (χ1v) is 9.23. The molecule has 0 unspecified atom stereocenters. The number of benzene rings is 2. The number of rotatable bonds is 4. The van der Waals surface area contributed by atoms with Crippen LogP contribution >= 0.6 is 22.9 Å². The van der Waals surface area contributed by atoms with Crippen molar-refractivity contribution in [3.63, 3.8) is 0 Å². The number of nitrogens with one attached hydrogen (secondary N) is 1. The molecular weight excluding hydrogens is 382 g/mol. The fraction of sp³-hybridized carbons (Fsp3) is 0. The Labute approximate surface area is 163 Å². The Balaban J connectivity index is 1.66. The van der Waals surface area contributed by atoms with Gasteiger partial charge in [-0.15, -0.1) is 10.2 Å². The van der Waals surface area contributed by atoms with Gasteiger partial charge in [-0.2, -0.15) is 0 Å². The average Bonchev–Trinajstić information content (AvgIpc) is 3.23. The van der Waals surface area contributed by atoms with Crippen LogP contribution in [0.4, 0.5) is 5.69 Å². The Kier molecular flexibility index (Phi) is 4.86. The normalized spacial score (nSPS) is 10.6. The van der Waals surface area contributed by atoms with Crippen LogP contribution in [0.25, 0.3) is 22.0 Å². The molecule has 1 amide bonds. The Hall–Kier alpha value is -3.16. The van der Waals surface area contributed by atoms with E-state index in [1.807, 2.05) is 48.5 Å². The molecule has 0 aliphatic heterocycles. The van der Waals surface area contributed by atoms with Crippen molar-refractivity contribution in [1.29, 1.82) is 0 Å². The van der Waals surface area contributed by atoms with E-state index in [2.05, 4.69) is 25.5 Å². The molecule has 0 saturated heterocycles. The monoisotopic (exact) mass is 393 g/mol. The number of amides is 1. The summed E-state index contributed by atoms with van der Waals surface area (Å²) in [6.07, 6.45) is 0. The molecule has 2 heterocycles. The fourth-order valence-electron chi connectivity index (χ4n) is 2.51. The second kappa shape index (κ2) is 7.61. The quantitative estimate of drug-likeness (QED) is 0.514. The van der Waals surface area contributed by atoms with Gasteiger partial charge >= 0.3 is 0 Å². The number of aromatic nitrogens is 4. The zero-order valence-electron chi connectivity index (χ0n) is 13.8. The topological polar surface area (TPSA) is 80.7 Å². The maximum Gasteiger partial charge on any atom is 0.274 e. The molecule has 0 atom stereocenters. The minimum absolute atomic E-state index is 0.181. The second-order valence-corrected chi connectivity index (χ2v) is 6.73. The second-order valence-electron chi connectivity index (χ2n) is 5.51. The lowest BCUT2D eigenvalue weighted by molar-refractivity contribution is 0.102. The largest absolute Gasteiger partial charge is 0.320 e. The van der Waals surface area contributed by atoms with Crippen molar-refractivity contribution >= 4 is 34.5 Å².